The maximum absolute atomic E-state index is 14.0. The van der Waals surface area contributed by atoms with Crippen molar-refractivity contribution in [3.63, 3.8) is 0 Å². The van der Waals surface area contributed by atoms with Crippen molar-refractivity contribution in [2.45, 2.75) is 13.8 Å². The lowest BCUT2D eigenvalue weighted by molar-refractivity contribution is 0.101. The van der Waals surface area contributed by atoms with Gasteiger partial charge in [-0.25, -0.2) is 9.37 Å². The Morgan fingerprint density at radius 3 is 2.42 bits per heavy atom. The van der Waals surface area contributed by atoms with E-state index in [1.165, 1.54) is 24.4 Å². The Bertz CT molecular complexity index is 1510. The van der Waals surface area contributed by atoms with Gasteiger partial charge in [0, 0.05) is 23.1 Å². The number of amides is 2. The van der Waals surface area contributed by atoms with Crippen molar-refractivity contribution in [1.29, 1.82) is 5.26 Å². The summed E-state index contributed by atoms with van der Waals surface area (Å²) < 4.78 is 19.7. The first-order valence-electron chi connectivity index (χ1n) is 11.0. The molecule has 1 heterocycles. The number of nitrogens with zero attached hydrogens (tertiary/aromatic N) is 2. The summed E-state index contributed by atoms with van der Waals surface area (Å²) in [6.45, 7) is 3.59. The second-order valence-electron chi connectivity index (χ2n) is 7.96. The van der Waals surface area contributed by atoms with Gasteiger partial charge in [0.25, 0.3) is 11.8 Å². The monoisotopic (exact) mass is 480 g/mol. The van der Waals surface area contributed by atoms with Crippen LogP contribution in [0.15, 0.2) is 79.0 Å². The zero-order valence-corrected chi connectivity index (χ0v) is 19.5. The lowest BCUT2D eigenvalue weighted by Crippen LogP contribution is -2.16. The molecule has 0 aliphatic rings. The van der Waals surface area contributed by atoms with Crippen molar-refractivity contribution in [3.8, 4) is 17.7 Å². The smallest absolute Gasteiger partial charge is 0.258 e. The summed E-state index contributed by atoms with van der Waals surface area (Å²) in [6, 6.07) is 20.9. The van der Waals surface area contributed by atoms with Crippen LogP contribution in [0.2, 0.25) is 0 Å². The lowest BCUT2D eigenvalue weighted by atomic mass is 10.1. The van der Waals surface area contributed by atoms with Crippen LogP contribution < -0.4 is 15.4 Å². The molecule has 8 heteroatoms. The van der Waals surface area contributed by atoms with Crippen LogP contribution in [0.3, 0.4) is 0 Å². The highest BCUT2D eigenvalue weighted by Gasteiger charge is 2.15. The molecule has 36 heavy (non-hydrogen) atoms. The third kappa shape index (κ3) is 5.37. The first-order valence-corrected chi connectivity index (χ1v) is 11.0. The van der Waals surface area contributed by atoms with Gasteiger partial charge in [-0.2, -0.15) is 5.26 Å². The number of hydrogen-bond donors (Lipinski definition) is 2. The average Bonchev–Trinajstić information content (AvgIpc) is 2.87. The Morgan fingerprint density at radius 1 is 0.889 bits per heavy atom. The molecular formula is C28H21FN4O3. The zero-order chi connectivity index (χ0) is 25.7. The Balaban J connectivity index is 1.49. The molecule has 0 aliphatic carbocycles. The molecule has 0 aliphatic heterocycles. The van der Waals surface area contributed by atoms with Crippen LogP contribution >= 0.6 is 0 Å². The molecule has 0 atom stereocenters. The highest BCUT2D eigenvalue weighted by Crippen LogP contribution is 2.27. The SMILES string of the molecule is Cc1cc(Oc2ncccc2C#N)ccc1NC(=O)c1ccc(C)c(NC(=O)c2ccccc2F)c1. The standard InChI is InChI=1S/C28H21FN4O3/c1-17-9-10-19(15-25(17)33-27(35)22-7-3-4-8-23(22)29)26(34)32-24-12-11-21(14-18(24)2)36-28-20(16-30)6-5-13-31-28/h3-15H,1-2H3,(H,32,34)(H,33,35). The maximum Gasteiger partial charge on any atom is 0.258 e. The van der Waals surface area contributed by atoms with Crippen molar-refractivity contribution >= 4 is 23.2 Å². The molecule has 4 aromatic rings. The van der Waals surface area contributed by atoms with E-state index in [9.17, 15) is 19.2 Å². The minimum absolute atomic E-state index is 0.0859. The van der Waals surface area contributed by atoms with Crippen molar-refractivity contribution in [1.82, 2.24) is 4.98 Å². The Hall–Kier alpha value is -5.03. The number of pyridine rings is 1. The van der Waals surface area contributed by atoms with Gasteiger partial charge in [-0.05, 0) is 79.6 Å². The number of carbonyl (C=O) groups excluding carboxylic acids is 2. The molecule has 0 fully saturated rings. The maximum atomic E-state index is 14.0. The van der Waals surface area contributed by atoms with Gasteiger partial charge in [0.1, 0.15) is 23.2 Å². The summed E-state index contributed by atoms with van der Waals surface area (Å²) in [5.74, 6) is -0.955. The van der Waals surface area contributed by atoms with Gasteiger partial charge in [-0.1, -0.05) is 18.2 Å². The van der Waals surface area contributed by atoms with E-state index in [4.69, 9.17) is 4.74 Å². The quantitative estimate of drug-likeness (QED) is 0.352. The van der Waals surface area contributed by atoms with E-state index < -0.39 is 11.7 Å². The number of carbonyl (C=O) groups is 2. The molecule has 1 aromatic heterocycles. The average molecular weight is 480 g/mol. The minimum Gasteiger partial charge on any atom is -0.438 e. The van der Waals surface area contributed by atoms with Gasteiger partial charge in [0.2, 0.25) is 5.88 Å². The molecule has 0 bridgehead atoms. The Kier molecular flexibility index (Phi) is 7.02. The number of ether oxygens (including phenoxy) is 1. The van der Waals surface area contributed by atoms with Crippen LogP contribution in [0.25, 0.3) is 0 Å². The summed E-state index contributed by atoms with van der Waals surface area (Å²) in [7, 11) is 0. The van der Waals surface area contributed by atoms with Gasteiger partial charge in [-0.3, -0.25) is 9.59 Å². The number of rotatable bonds is 6. The fraction of sp³-hybridized carbons (Fsp3) is 0.0714. The largest absolute Gasteiger partial charge is 0.438 e. The molecule has 0 spiro atoms. The molecule has 0 saturated carbocycles. The van der Waals surface area contributed by atoms with Crippen molar-refractivity contribution < 1.29 is 18.7 Å². The first kappa shape index (κ1) is 24.1. The molecule has 2 N–H and O–H groups in total. The summed E-state index contributed by atoms with van der Waals surface area (Å²) >= 11 is 0. The topological polar surface area (TPSA) is 104 Å². The van der Waals surface area contributed by atoms with E-state index in [1.54, 1.807) is 68.4 Å². The molecule has 4 rings (SSSR count). The summed E-state index contributed by atoms with van der Waals surface area (Å²) in [5, 5.41) is 14.7. The van der Waals surface area contributed by atoms with Crippen molar-refractivity contribution in [2.75, 3.05) is 10.6 Å². The fourth-order valence-corrected chi connectivity index (χ4v) is 3.44. The number of nitriles is 1. The van der Waals surface area contributed by atoms with Gasteiger partial charge < -0.3 is 15.4 Å². The van der Waals surface area contributed by atoms with E-state index in [0.29, 0.717) is 28.3 Å². The molecule has 3 aromatic carbocycles. The predicted octanol–water partition coefficient (Wildman–Crippen LogP) is 6.01. The fourth-order valence-electron chi connectivity index (χ4n) is 3.44. The number of halogens is 1. The van der Waals surface area contributed by atoms with Crippen LogP contribution in [-0.2, 0) is 0 Å². The molecule has 0 radical (unpaired) electrons. The van der Waals surface area contributed by atoms with Crippen LogP contribution in [0.5, 0.6) is 11.6 Å². The Labute approximate surface area is 207 Å². The van der Waals surface area contributed by atoms with Gasteiger partial charge >= 0.3 is 0 Å². The number of aryl methyl sites for hydroxylation is 2. The van der Waals surface area contributed by atoms with Gasteiger partial charge in [-0.15, -0.1) is 0 Å². The summed E-state index contributed by atoms with van der Waals surface area (Å²) in [6.07, 6.45) is 1.53. The molecule has 178 valence electrons. The van der Waals surface area contributed by atoms with E-state index in [0.717, 1.165) is 11.1 Å². The second kappa shape index (κ2) is 10.5. The summed E-state index contributed by atoms with van der Waals surface area (Å²) in [4.78, 5) is 29.5. The van der Waals surface area contributed by atoms with Gasteiger partial charge in [0.05, 0.1) is 5.56 Å². The second-order valence-corrected chi connectivity index (χ2v) is 7.96. The van der Waals surface area contributed by atoms with Crippen LogP contribution in [0.4, 0.5) is 15.8 Å². The summed E-state index contributed by atoms with van der Waals surface area (Å²) in [5.41, 5.74) is 2.96. The highest BCUT2D eigenvalue weighted by molar-refractivity contribution is 6.08. The molecule has 0 unspecified atom stereocenters. The molecule has 2 amide bonds. The number of anilines is 2. The lowest BCUT2D eigenvalue weighted by Gasteiger charge is -2.13. The van der Waals surface area contributed by atoms with E-state index in [1.807, 2.05) is 6.07 Å². The third-order valence-electron chi connectivity index (χ3n) is 5.42. The normalized spacial score (nSPS) is 10.3. The molecule has 7 nitrogen and oxygen atoms in total. The van der Waals surface area contributed by atoms with Crippen molar-refractivity contribution in [3.05, 3.63) is 113 Å². The van der Waals surface area contributed by atoms with Crippen LogP contribution in [0.1, 0.15) is 37.4 Å². The number of benzene rings is 3. The molecular weight excluding hydrogens is 459 g/mol. The van der Waals surface area contributed by atoms with Gasteiger partial charge in [0.15, 0.2) is 0 Å². The van der Waals surface area contributed by atoms with E-state index in [2.05, 4.69) is 15.6 Å². The first-order chi connectivity index (χ1) is 17.4. The predicted molar refractivity (Wildman–Crippen MR) is 134 cm³/mol. The minimum atomic E-state index is -0.628. The zero-order valence-electron chi connectivity index (χ0n) is 19.5. The Morgan fingerprint density at radius 2 is 1.67 bits per heavy atom. The number of aromatic nitrogens is 1. The van der Waals surface area contributed by atoms with E-state index >= 15 is 0 Å². The van der Waals surface area contributed by atoms with Crippen molar-refractivity contribution in [2.24, 2.45) is 0 Å². The number of nitrogens with one attached hydrogen (secondary N) is 2. The van der Waals surface area contributed by atoms with E-state index in [-0.39, 0.29) is 17.4 Å². The van der Waals surface area contributed by atoms with Crippen LogP contribution in [0, 0.1) is 31.0 Å². The number of hydrogen-bond acceptors (Lipinski definition) is 5. The van der Waals surface area contributed by atoms with Crippen LogP contribution in [-0.4, -0.2) is 16.8 Å². The third-order valence-corrected chi connectivity index (χ3v) is 5.42. The highest BCUT2D eigenvalue weighted by atomic mass is 19.1. The molecule has 0 saturated heterocycles.